The molecule has 1 aliphatic carbocycles. The van der Waals surface area contributed by atoms with Gasteiger partial charge in [0.2, 0.25) is 5.91 Å². The molecule has 1 saturated heterocycles. The standard InChI is InChI=1S/C13H25N3O2.2ClH/c1-10(2)11(16-5-7-18-8-6-16)9-15-12(17)13(14)3-4-13;;/h10-11H,3-9,14H2,1-2H3,(H,15,17);2*1H. The van der Waals surface area contributed by atoms with Crippen LogP contribution in [-0.2, 0) is 9.53 Å². The van der Waals surface area contributed by atoms with Crippen LogP contribution in [0.2, 0.25) is 0 Å². The van der Waals surface area contributed by atoms with E-state index in [1.807, 2.05) is 0 Å². The van der Waals surface area contributed by atoms with E-state index in [0.717, 1.165) is 39.1 Å². The summed E-state index contributed by atoms with van der Waals surface area (Å²) in [6, 6.07) is 0.375. The predicted molar refractivity (Wildman–Crippen MR) is 84.7 cm³/mol. The van der Waals surface area contributed by atoms with Crippen molar-refractivity contribution in [2.45, 2.75) is 38.3 Å². The summed E-state index contributed by atoms with van der Waals surface area (Å²) in [5, 5.41) is 3.02. The normalized spacial score (nSPS) is 22.4. The lowest BCUT2D eigenvalue weighted by atomic mass is 10.0. The molecule has 0 aromatic carbocycles. The number of carbonyl (C=O) groups excluding carboxylic acids is 1. The number of ether oxygens (including phenoxy) is 1. The molecule has 3 N–H and O–H groups in total. The van der Waals surface area contributed by atoms with Crippen molar-refractivity contribution in [3.63, 3.8) is 0 Å². The Balaban J connectivity index is 0.00000180. The Labute approximate surface area is 133 Å². The molecular formula is C13H27Cl2N3O2. The molecule has 0 bridgehead atoms. The van der Waals surface area contributed by atoms with Crippen LogP contribution in [0.5, 0.6) is 0 Å². The molecular weight excluding hydrogens is 301 g/mol. The first-order valence-corrected chi connectivity index (χ1v) is 6.92. The Morgan fingerprint density at radius 2 is 1.85 bits per heavy atom. The number of nitrogens with one attached hydrogen (secondary N) is 1. The zero-order chi connectivity index (χ0) is 13.2. The molecule has 0 aromatic heterocycles. The molecule has 0 spiro atoms. The number of carbonyl (C=O) groups is 1. The summed E-state index contributed by atoms with van der Waals surface area (Å²) in [4.78, 5) is 14.3. The van der Waals surface area contributed by atoms with E-state index >= 15 is 0 Å². The molecule has 2 aliphatic rings. The Morgan fingerprint density at radius 3 is 2.30 bits per heavy atom. The Bertz CT molecular complexity index is 306. The van der Waals surface area contributed by atoms with Crippen molar-refractivity contribution >= 4 is 30.7 Å². The fourth-order valence-electron chi connectivity index (χ4n) is 2.43. The minimum atomic E-state index is -0.563. The summed E-state index contributed by atoms with van der Waals surface area (Å²) < 4.78 is 5.37. The smallest absolute Gasteiger partial charge is 0.240 e. The van der Waals surface area contributed by atoms with E-state index in [1.165, 1.54) is 0 Å². The van der Waals surface area contributed by atoms with E-state index in [2.05, 4.69) is 24.1 Å². The summed E-state index contributed by atoms with van der Waals surface area (Å²) in [5.41, 5.74) is 5.32. The highest BCUT2D eigenvalue weighted by Gasteiger charge is 2.46. The topological polar surface area (TPSA) is 67.6 Å². The van der Waals surface area contributed by atoms with Crippen LogP contribution in [0.15, 0.2) is 0 Å². The van der Waals surface area contributed by atoms with E-state index in [-0.39, 0.29) is 30.7 Å². The number of nitrogens with two attached hydrogens (primary N) is 1. The third kappa shape index (κ3) is 5.04. The van der Waals surface area contributed by atoms with Gasteiger partial charge in [-0.2, -0.15) is 0 Å². The predicted octanol–water partition coefficient (Wildman–Crippen LogP) is 0.794. The number of hydrogen-bond acceptors (Lipinski definition) is 4. The number of halogens is 2. The van der Waals surface area contributed by atoms with E-state index in [1.54, 1.807) is 0 Å². The first-order valence-electron chi connectivity index (χ1n) is 6.92. The average molecular weight is 328 g/mol. The third-order valence-corrected chi connectivity index (χ3v) is 4.00. The molecule has 2 rings (SSSR count). The summed E-state index contributed by atoms with van der Waals surface area (Å²) in [5.74, 6) is 0.526. The molecule has 5 nitrogen and oxygen atoms in total. The van der Waals surface area contributed by atoms with E-state index in [0.29, 0.717) is 18.5 Å². The number of morpholine rings is 1. The van der Waals surface area contributed by atoms with Gasteiger partial charge in [-0.1, -0.05) is 13.8 Å². The first-order chi connectivity index (χ1) is 8.53. The Morgan fingerprint density at radius 1 is 1.30 bits per heavy atom. The van der Waals surface area contributed by atoms with Crippen LogP contribution < -0.4 is 11.1 Å². The maximum Gasteiger partial charge on any atom is 0.240 e. The van der Waals surface area contributed by atoms with Gasteiger partial charge in [-0.05, 0) is 18.8 Å². The molecule has 1 aliphatic heterocycles. The minimum Gasteiger partial charge on any atom is -0.379 e. The molecule has 0 aromatic rings. The van der Waals surface area contributed by atoms with Gasteiger partial charge in [0.15, 0.2) is 0 Å². The van der Waals surface area contributed by atoms with Gasteiger partial charge in [0.25, 0.3) is 0 Å². The Kier molecular flexibility index (Phi) is 8.36. The van der Waals surface area contributed by atoms with Crippen LogP contribution in [0, 0.1) is 5.92 Å². The van der Waals surface area contributed by atoms with Crippen molar-refractivity contribution in [3.05, 3.63) is 0 Å². The SMILES string of the molecule is CC(C)C(CNC(=O)C1(N)CC1)N1CCOCC1.Cl.Cl. The summed E-state index contributed by atoms with van der Waals surface area (Å²) >= 11 is 0. The highest BCUT2D eigenvalue weighted by Crippen LogP contribution is 2.32. The second kappa shape index (κ2) is 8.39. The molecule has 1 atom stereocenters. The second-order valence-corrected chi connectivity index (χ2v) is 5.83. The molecule has 1 unspecified atom stereocenters. The zero-order valence-corrected chi connectivity index (χ0v) is 13.9. The van der Waals surface area contributed by atoms with E-state index < -0.39 is 5.54 Å². The average Bonchev–Trinajstić information content (AvgIpc) is 3.10. The van der Waals surface area contributed by atoms with Gasteiger partial charge >= 0.3 is 0 Å². The van der Waals surface area contributed by atoms with Crippen LogP contribution in [0.4, 0.5) is 0 Å². The maximum atomic E-state index is 11.9. The molecule has 1 amide bonds. The van der Waals surface area contributed by atoms with Crippen LogP contribution >= 0.6 is 24.8 Å². The number of amides is 1. The van der Waals surface area contributed by atoms with E-state index in [9.17, 15) is 4.79 Å². The molecule has 7 heteroatoms. The minimum absolute atomic E-state index is 0. The highest BCUT2D eigenvalue weighted by atomic mass is 35.5. The lowest BCUT2D eigenvalue weighted by Crippen LogP contribution is -2.53. The van der Waals surface area contributed by atoms with E-state index in [4.69, 9.17) is 10.5 Å². The number of hydrogen-bond donors (Lipinski definition) is 2. The van der Waals surface area contributed by atoms with Gasteiger partial charge in [0.05, 0.1) is 18.8 Å². The van der Waals surface area contributed by atoms with Gasteiger partial charge in [0.1, 0.15) is 0 Å². The summed E-state index contributed by atoms with van der Waals surface area (Å²) in [6.07, 6.45) is 1.64. The second-order valence-electron chi connectivity index (χ2n) is 5.83. The fourth-order valence-corrected chi connectivity index (χ4v) is 2.43. The first kappa shape index (κ1) is 19.9. The highest BCUT2D eigenvalue weighted by molar-refractivity contribution is 5.89. The van der Waals surface area contributed by atoms with Crippen molar-refractivity contribution in [1.29, 1.82) is 0 Å². The number of rotatable bonds is 5. The van der Waals surface area contributed by atoms with Crippen molar-refractivity contribution in [3.8, 4) is 0 Å². The van der Waals surface area contributed by atoms with Crippen molar-refractivity contribution in [1.82, 2.24) is 10.2 Å². The lowest BCUT2D eigenvalue weighted by Gasteiger charge is -2.37. The fraction of sp³-hybridized carbons (Fsp3) is 0.923. The molecule has 1 saturated carbocycles. The maximum absolute atomic E-state index is 11.9. The van der Waals surface area contributed by atoms with Crippen molar-refractivity contribution in [2.75, 3.05) is 32.8 Å². The van der Waals surface area contributed by atoms with Crippen molar-refractivity contribution in [2.24, 2.45) is 11.7 Å². The molecule has 20 heavy (non-hydrogen) atoms. The van der Waals surface area contributed by atoms with Gasteiger partial charge in [0, 0.05) is 25.7 Å². The summed E-state index contributed by atoms with van der Waals surface area (Å²) in [6.45, 7) is 8.56. The Hall–Kier alpha value is -0.0700. The summed E-state index contributed by atoms with van der Waals surface area (Å²) in [7, 11) is 0. The lowest BCUT2D eigenvalue weighted by molar-refractivity contribution is -0.123. The molecule has 2 fully saturated rings. The van der Waals surface area contributed by atoms with Gasteiger partial charge in [-0.25, -0.2) is 0 Å². The van der Waals surface area contributed by atoms with Crippen LogP contribution in [0.1, 0.15) is 26.7 Å². The molecule has 0 radical (unpaired) electrons. The monoisotopic (exact) mass is 327 g/mol. The van der Waals surface area contributed by atoms with Gasteiger partial charge < -0.3 is 15.8 Å². The van der Waals surface area contributed by atoms with Crippen LogP contribution in [-0.4, -0.2) is 55.2 Å². The van der Waals surface area contributed by atoms with Crippen LogP contribution in [0.3, 0.4) is 0 Å². The zero-order valence-electron chi connectivity index (χ0n) is 12.3. The van der Waals surface area contributed by atoms with Crippen LogP contribution in [0.25, 0.3) is 0 Å². The molecule has 1 heterocycles. The quantitative estimate of drug-likeness (QED) is 0.783. The van der Waals surface area contributed by atoms with Crippen molar-refractivity contribution < 1.29 is 9.53 Å². The molecule has 120 valence electrons. The third-order valence-electron chi connectivity index (χ3n) is 4.00. The van der Waals surface area contributed by atoms with Gasteiger partial charge in [-0.15, -0.1) is 24.8 Å². The van der Waals surface area contributed by atoms with Gasteiger partial charge in [-0.3, -0.25) is 9.69 Å². The largest absolute Gasteiger partial charge is 0.379 e. The number of nitrogens with zero attached hydrogens (tertiary/aromatic N) is 1.